The molecule has 43 heavy (non-hydrogen) atoms. The van der Waals surface area contributed by atoms with Crippen LogP contribution in [0.25, 0.3) is 0 Å². The van der Waals surface area contributed by atoms with Crippen molar-refractivity contribution in [1.29, 1.82) is 0 Å². The molecule has 3 aliphatic rings. The Balaban J connectivity index is 1.09. The van der Waals surface area contributed by atoms with Crippen molar-refractivity contribution in [3.8, 4) is 5.88 Å². The molecule has 1 aromatic carbocycles. The van der Waals surface area contributed by atoms with Gasteiger partial charge in [0.1, 0.15) is 16.8 Å². The van der Waals surface area contributed by atoms with Crippen molar-refractivity contribution in [3.63, 3.8) is 0 Å². The summed E-state index contributed by atoms with van der Waals surface area (Å²) in [6.07, 6.45) is 1.02. The Hall–Kier alpha value is -4.12. The number of likely N-dealkylation sites (tertiary alicyclic amines) is 1. The summed E-state index contributed by atoms with van der Waals surface area (Å²) in [4.78, 5) is 51.2. The van der Waals surface area contributed by atoms with E-state index in [2.05, 4.69) is 15.3 Å². The van der Waals surface area contributed by atoms with E-state index in [1.807, 2.05) is 29.2 Å². The third kappa shape index (κ3) is 5.30. The number of ether oxygens (including phenoxy) is 1. The van der Waals surface area contributed by atoms with Crippen molar-refractivity contribution in [2.75, 3.05) is 31.6 Å². The number of hydrogen-bond donors (Lipinski definition) is 1. The van der Waals surface area contributed by atoms with E-state index >= 15 is 0 Å². The predicted molar refractivity (Wildman–Crippen MR) is 155 cm³/mol. The number of nitrogens with zero attached hydrogens (tertiary/aromatic N) is 4. The van der Waals surface area contributed by atoms with Crippen LogP contribution >= 0.6 is 11.6 Å². The van der Waals surface area contributed by atoms with Crippen LogP contribution in [0.5, 0.6) is 5.88 Å². The van der Waals surface area contributed by atoms with Crippen molar-refractivity contribution in [2.45, 2.75) is 43.6 Å². The van der Waals surface area contributed by atoms with Crippen LogP contribution in [-0.4, -0.2) is 65.4 Å². The van der Waals surface area contributed by atoms with Crippen molar-refractivity contribution >= 4 is 35.0 Å². The lowest BCUT2D eigenvalue weighted by molar-refractivity contribution is -0.128. The van der Waals surface area contributed by atoms with Crippen LogP contribution in [0.4, 0.5) is 14.5 Å². The van der Waals surface area contributed by atoms with Gasteiger partial charge in [-0.2, -0.15) is 0 Å². The summed E-state index contributed by atoms with van der Waals surface area (Å²) in [5.41, 5.74) is 0.460. The summed E-state index contributed by atoms with van der Waals surface area (Å²) in [7, 11) is 1.49. The summed E-state index contributed by atoms with van der Waals surface area (Å²) in [6, 6.07) is 13.8. The second-order valence-electron chi connectivity index (χ2n) is 11.3. The number of hydrogen-bond acceptors (Lipinski definition) is 6. The maximum atomic E-state index is 13.9. The van der Waals surface area contributed by atoms with Crippen LogP contribution in [0.3, 0.4) is 0 Å². The third-order valence-corrected chi connectivity index (χ3v) is 8.89. The molecule has 4 heterocycles. The van der Waals surface area contributed by atoms with Gasteiger partial charge in [-0.05, 0) is 55.4 Å². The number of carbonyl (C=O) groups excluding carboxylic acids is 3. The first-order valence-corrected chi connectivity index (χ1v) is 14.5. The molecule has 6 rings (SSSR count). The molecule has 1 spiro atoms. The monoisotopic (exact) mass is 609 g/mol. The molecule has 0 radical (unpaired) electrons. The summed E-state index contributed by atoms with van der Waals surface area (Å²) in [6.45, 7) is 1.07. The van der Waals surface area contributed by atoms with Crippen LogP contribution in [0.2, 0.25) is 5.02 Å². The SMILES string of the molecule is COc1cccc(C(=O)N2CC3(C2)C(=O)N(CC2CCC(NC(=O)c4cc(Cl)cnc4C(F)F)CC2)c2ccccc23)n1. The van der Waals surface area contributed by atoms with Gasteiger partial charge in [-0.25, -0.2) is 13.8 Å². The number of benzene rings is 1. The number of fused-ring (bicyclic) bond motifs is 2. The maximum Gasteiger partial charge on any atom is 0.281 e. The minimum atomic E-state index is -2.89. The predicted octanol–water partition coefficient (Wildman–Crippen LogP) is 4.81. The summed E-state index contributed by atoms with van der Waals surface area (Å²) >= 11 is 5.91. The Bertz CT molecular complexity index is 1570. The highest BCUT2D eigenvalue weighted by molar-refractivity contribution is 6.30. The lowest BCUT2D eigenvalue weighted by atomic mass is 9.74. The number of halogens is 3. The van der Waals surface area contributed by atoms with Crippen LogP contribution < -0.4 is 15.0 Å². The number of para-hydroxylation sites is 1. The highest BCUT2D eigenvalue weighted by Crippen LogP contribution is 2.48. The van der Waals surface area contributed by atoms with Gasteiger partial charge in [-0.3, -0.25) is 19.4 Å². The number of aromatic nitrogens is 2. The molecule has 1 aliphatic carbocycles. The molecule has 2 aliphatic heterocycles. The van der Waals surface area contributed by atoms with Gasteiger partial charge in [-0.15, -0.1) is 0 Å². The van der Waals surface area contributed by atoms with Crippen molar-refractivity contribution in [1.82, 2.24) is 20.2 Å². The molecule has 3 aromatic rings. The summed E-state index contributed by atoms with van der Waals surface area (Å²) in [5.74, 6) is -0.332. The minimum Gasteiger partial charge on any atom is -0.481 e. The topological polar surface area (TPSA) is 105 Å². The second kappa shape index (κ2) is 11.5. The molecule has 12 heteroatoms. The number of methoxy groups -OCH3 is 1. The molecule has 0 unspecified atom stereocenters. The Morgan fingerprint density at radius 3 is 2.58 bits per heavy atom. The van der Waals surface area contributed by atoms with Gasteiger partial charge in [0.15, 0.2) is 0 Å². The second-order valence-corrected chi connectivity index (χ2v) is 11.8. The van der Waals surface area contributed by atoms with Crippen LogP contribution in [0.1, 0.15) is 64.2 Å². The summed E-state index contributed by atoms with van der Waals surface area (Å²) < 4.78 is 31.9. The first-order chi connectivity index (χ1) is 20.7. The van der Waals surface area contributed by atoms with Crippen LogP contribution in [0.15, 0.2) is 54.7 Å². The van der Waals surface area contributed by atoms with Gasteiger partial charge in [0.25, 0.3) is 18.2 Å². The molecule has 2 aromatic heterocycles. The Morgan fingerprint density at radius 1 is 1.12 bits per heavy atom. The molecule has 1 saturated heterocycles. The summed E-state index contributed by atoms with van der Waals surface area (Å²) in [5, 5.41) is 2.98. The van der Waals surface area contributed by atoms with Crippen LogP contribution in [-0.2, 0) is 10.2 Å². The van der Waals surface area contributed by atoms with E-state index in [1.54, 1.807) is 23.1 Å². The molecule has 2 fully saturated rings. The van der Waals surface area contributed by atoms with Crippen molar-refractivity contribution < 1.29 is 27.9 Å². The van der Waals surface area contributed by atoms with Gasteiger partial charge in [-0.1, -0.05) is 35.9 Å². The molecular weight excluding hydrogens is 580 g/mol. The van der Waals surface area contributed by atoms with Gasteiger partial charge < -0.3 is 19.9 Å². The number of carbonyl (C=O) groups is 3. The number of pyridine rings is 2. The van der Waals surface area contributed by atoms with E-state index in [0.29, 0.717) is 25.3 Å². The zero-order chi connectivity index (χ0) is 30.3. The van der Waals surface area contributed by atoms with E-state index in [9.17, 15) is 23.2 Å². The van der Waals surface area contributed by atoms with Gasteiger partial charge >= 0.3 is 0 Å². The lowest BCUT2D eigenvalue weighted by Crippen LogP contribution is -2.65. The molecule has 0 atom stereocenters. The molecule has 3 amide bonds. The molecule has 0 bridgehead atoms. The number of amides is 3. The largest absolute Gasteiger partial charge is 0.481 e. The van der Waals surface area contributed by atoms with Crippen molar-refractivity contribution in [3.05, 3.63) is 82.3 Å². The number of anilines is 1. The van der Waals surface area contributed by atoms with E-state index < -0.39 is 23.4 Å². The lowest BCUT2D eigenvalue weighted by Gasteiger charge is -2.46. The third-order valence-electron chi connectivity index (χ3n) is 8.68. The molecule has 9 nitrogen and oxygen atoms in total. The first-order valence-electron chi connectivity index (χ1n) is 14.2. The van der Waals surface area contributed by atoms with E-state index in [0.717, 1.165) is 30.3 Å². The Morgan fingerprint density at radius 2 is 1.86 bits per heavy atom. The Labute approximate surface area is 252 Å². The number of nitrogens with one attached hydrogen (secondary N) is 1. The molecular formula is C31H30ClF2N5O4. The fraction of sp³-hybridized carbons (Fsp3) is 0.387. The van der Waals surface area contributed by atoms with E-state index in [4.69, 9.17) is 16.3 Å². The number of alkyl halides is 2. The van der Waals surface area contributed by atoms with E-state index in [-0.39, 0.29) is 53.1 Å². The number of rotatable bonds is 7. The minimum absolute atomic E-state index is 0.0141. The average Bonchev–Trinajstić information content (AvgIpc) is 3.24. The highest BCUT2D eigenvalue weighted by atomic mass is 35.5. The van der Waals surface area contributed by atoms with Gasteiger partial charge in [0.2, 0.25) is 11.8 Å². The smallest absolute Gasteiger partial charge is 0.281 e. The first kappa shape index (κ1) is 29.0. The standard InChI is InChI=1S/C31H30ClF2N5O4/c1-43-25-8-4-6-23(37-25)29(41)38-16-31(17-38)22-5-2-3-7-24(22)39(30(31)42)15-18-9-11-20(12-10-18)36-28(40)21-13-19(32)14-35-26(21)27(33)34/h2-8,13-14,18,20,27H,9-12,15-17H2,1H3,(H,36,40). The Kier molecular flexibility index (Phi) is 7.76. The van der Waals surface area contributed by atoms with Crippen molar-refractivity contribution in [2.24, 2.45) is 5.92 Å². The van der Waals surface area contributed by atoms with Crippen LogP contribution in [0, 0.1) is 5.92 Å². The molecule has 224 valence electrons. The normalized spacial score (nSPS) is 20.6. The molecule has 1 saturated carbocycles. The maximum absolute atomic E-state index is 13.9. The van der Waals surface area contributed by atoms with Gasteiger partial charge in [0.05, 0.1) is 17.7 Å². The quantitative estimate of drug-likeness (QED) is 0.412. The van der Waals surface area contributed by atoms with Gasteiger partial charge in [0, 0.05) is 43.6 Å². The molecule has 1 N–H and O–H groups in total. The average molecular weight is 610 g/mol. The highest BCUT2D eigenvalue weighted by Gasteiger charge is 2.59. The zero-order valence-corrected chi connectivity index (χ0v) is 24.2. The zero-order valence-electron chi connectivity index (χ0n) is 23.4. The fourth-order valence-electron chi connectivity index (χ4n) is 6.46. The fourth-order valence-corrected chi connectivity index (χ4v) is 6.62. The van der Waals surface area contributed by atoms with E-state index in [1.165, 1.54) is 13.2 Å².